The number of benzene rings is 2. The Labute approximate surface area is 178 Å². The summed E-state index contributed by atoms with van der Waals surface area (Å²) in [6, 6.07) is 16.3. The number of hydrogen-bond donors (Lipinski definition) is 1. The average molecular weight is 429 g/mol. The fourth-order valence-corrected chi connectivity index (χ4v) is 4.10. The van der Waals surface area contributed by atoms with Crippen LogP contribution in [0.3, 0.4) is 0 Å². The Morgan fingerprint density at radius 3 is 2.69 bits per heavy atom. The lowest BCUT2D eigenvalue weighted by Crippen LogP contribution is -2.43. The molecule has 1 fully saturated rings. The molecule has 6 nitrogen and oxygen atoms in total. The van der Waals surface area contributed by atoms with Crippen molar-refractivity contribution >= 4 is 51.9 Å². The molecule has 150 valence electrons. The zero-order valence-corrected chi connectivity index (χ0v) is 17.4. The van der Waals surface area contributed by atoms with Crippen molar-refractivity contribution in [2.75, 3.05) is 31.7 Å². The van der Waals surface area contributed by atoms with Gasteiger partial charge in [-0.15, -0.1) is 0 Å². The van der Waals surface area contributed by atoms with E-state index in [0.29, 0.717) is 20.7 Å². The van der Waals surface area contributed by atoms with Gasteiger partial charge in [-0.2, -0.15) is 0 Å². The molecule has 0 bridgehead atoms. The number of carbonyl (C=O) groups is 2. The number of methoxy groups -OCH3 is 1. The van der Waals surface area contributed by atoms with Crippen LogP contribution in [-0.4, -0.2) is 52.9 Å². The summed E-state index contributed by atoms with van der Waals surface area (Å²) >= 11 is 6.49. The van der Waals surface area contributed by atoms with Crippen LogP contribution >= 0.6 is 24.0 Å². The van der Waals surface area contributed by atoms with E-state index >= 15 is 0 Å². The van der Waals surface area contributed by atoms with Crippen LogP contribution in [0.4, 0.5) is 5.69 Å². The molecule has 8 heteroatoms. The van der Waals surface area contributed by atoms with E-state index in [1.165, 1.54) is 9.80 Å². The number of para-hydroxylation sites is 1. The molecule has 1 aliphatic heterocycles. The first-order valence-corrected chi connectivity index (χ1v) is 10.1. The Morgan fingerprint density at radius 1 is 1.24 bits per heavy atom. The molecule has 1 N–H and O–H groups in total. The van der Waals surface area contributed by atoms with Crippen LogP contribution in [0.2, 0.25) is 0 Å². The summed E-state index contributed by atoms with van der Waals surface area (Å²) in [5.74, 6) is 0.0595. The Hall–Kier alpha value is -2.68. The lowest BCUT2D eigenvalue weighted by Gasteiger charge is -2.24. The van der Waals surface area contributed by atoms with E-state index in [1.807, 2.05) is 42.5 Å². The minimum atomic E-state index is -0.316. The van der Waals surface area contributed by atoms with Crippen molar-refractivity contribution in [1.82, 2.24) is 4.90 Å². The molecule has 0 unspecified atom stereocenters. The molecule has 1 heterocycles. The highest BCUT2D eigenvalue weighted by atomic mass is 32.2. The maximum absolute atomic E-state index is 12.8. The summed E-state index contributed by atoms with van der Waals surface area (Å²) < 4.78 is 5.53. The van der Waals surface area contributed by atoms with Gasteiger partial charge in [-0.3, -0.25) is 14.5 Å². The van der Waals surface area contributed by atoms with E-state index in [1.54, 1.807) is 25.3 Å². The van der Waals surface area contributed by atoms with Crippen molar-refractivity contribution in [2.45, 2.75) is 0 Å². The van der Waals surface area contributed by atoms with E-state index < -0.39 is 0 Å². The second-order valence-electron chi connectivity index (χ2n) is 6.15. The summed E-state index contributed by atoms with van der Waals surface area (Å²) in [7, 11) is 1.58. The highest BCUT2D eigenvalue weighted by Gasteiger charge is 2.34. The van der Waals surface area contributed by atoms with E-state index in [4.69, 9.17) is 17.0 Å². The van der Waals surface area contributed by atoms with Crippen molar-refractivity contribution in [3.8, 4) is 5.75 Å². The number of anilines is 1. The SMILES string of the molecule is COc1cccc(/C=C2\SC(=S)N(CC(=O)N(CCO)c3ccccc3)C2=O)c1. The van der Waals surface area contributed by atoms with Crippen LogP contribution in [0, 0.1) is 0 Å². The highest BCUT2D eigenvalue weighted by molar-refractivity contribution is 8.26. The topological polar surface area (TPSA) is 70.1 Å². The minimum absolute atomic E-state index is 0.136. The standard InChI is InChI=1S/C21H20N2O4S2/c1-27-17-9-5-6-15(12-17)13-18-20(26)23(21(28)29-18)14-19(25)22(10-11-24)16-7-3-2-4-8-16/h2-9,12-13,24H,10-11,14H2,1H3/b18-13-. The van der Waals surface area contributed by atoms with Crippen molar-refractivity contribution < 1.29 is 19.4 Å². The van der Waals surface area contributed by atoms with Crippen LogP contribution < -0.4 is 9.64 Å². The predicted octanol–water partition coefficient (Wildman–Crippen LogP) is 2.92. The van der Waals surface area contributed by atoms with Gasteiger partial charge in [0.15, 0.2) is 0 Å². The second-order valence-corrected chi connectivity index (χ2v) is 7.82. The number of amides is 2. The number of nitrogens with zero attached hydrogens (tertiary/aromatic N) is 2. The molecule has 0 aliphatic carbocycles. The monoisotopic (exact) mass is 428 g/mol. The number of thioether (sulfide) groups is 1. The molecule has 0 spiro atoms. The number of thiocarbonyl (C=S) groups is 1. The van der Waals surface area contributed by atoms with E-state index in [0.717, 1.165) is 17.3 Å². The quantitative estimate of drug-likeness (QED) is 0.540. The van der Waals surface area contributed by atoms with Gasteiger partial charge in [-0.25, -0.2) is 0 Å². The van der Waals surface area contributed by atoms with Crippen molar-refractivity contribution in [2.24, 2.45) is 0 Å². The molecule has 2 aromatic rings. The summed E-state index contributed by atoms with van der Waals surface area (Å²) in [5.41, 5.74) is 1.46. The maximum Gasteiger partial charge on any atom is 0.266 e. The van der Waals surface area contributed by atoms with Gasteiger partial charge < -0.3 is 14.7 Å². The molecule has 2 aromatic carbocycles. The Morgan fingerprint density at radius 2 is 2.00 bits per heavy atom. The van der Waals surface area contributed by atoms with Gasteiger partial charge in [0.25, 0.3) is 5.91 Å². The Balaban J connectivity index is 1.77. The van der Waals surface area contributed by atoms with E-state index in [9.17, 15) is 14.7 Å². The number of aliphatic hydroxyl groups excluding tert-OH is 1. The molecule has 1 aliphatic rings. The lowest BCUT2D eigenvalue weighted by molar-refractivity contribution is -0.127. The molecular weight excluding hydrogens is 408 g/mol. The first-order valence-electron chi connectivity index (χ1n) is 8.89. The predicted molar refractivity (Wildman–Crippen MR) is 119 cm³/mol. The number of rotatable bonds is 7. The molecule has 0 aromatic heterocycles. The minimum Gasteiger partial charge on any atom is -0.497 e. The third-order valence-corrected chi connectivity index (χ3v) is 5.63. The van der Waals surface area contributed by atoms with E-state index in [-0.39, 0.29) is 31.5 Å². The molecule has 0 saturated carbocycles. The molecule has 3 rings (SSSR count). The van der Waals surface area contributed by atoms with Crippen molar-refractivity contribution in [3.63, 3.8) is 0 Å². The number of aliphatic hydroxyl groups is 1. The third kappa shape index (κ3) is 5.03. The average Bonchev–Trinajstić information content (AvgIpc) is 3.00. The smallest absolute Gasteiger partial charge is 0.266 e. The van der Waals surface area contributed by atoms with Gasteiger partial charge in [0.05, 0.1) is 18.6 Å². The third-order valence-electron chi connectivity index (χ3n) is 4.25. The first kappa shape index (κ1) is 21.0. The zero-order valence-electron chi connectivity index (χ0n) is 15.8. The zero-order chi connectivity index (χ0) is 20.8. The van der Waals surface area contributed by atoms with Gasteiger partial charge in [0, 0.05) is 12.2 Å². The normalized spacial score (nSPS) is 15.1. The van der Waals surface area contributed by atoms with Gasteiger partial charge in [-0.1, -0.05) is 54.3 Å². The number of hydrogen-bond acceptors (Lipinski definition) is 6. The fourth-order valence-electron chi connectivity index (χ4n) is 2.85. The summed E-state index contributed by atoms with van der Waals surface area (Å²) in [6.07, 6.45) is 1.73. The van der Waals surface area contributed by atoms with Crippen molar-refractivity contribution in [1.29, 1.82) is 0 Å². The van der Waals surface area contributed by atoms with Crippen LogP contribution in [-0.2, 0) is 9.59 Å². The maximum atomic E-state index is 12.8. The number of ether oxygens (including phenoxy) is 1. The molecule has 1 saturated heterocycles. The second kappa shape index (κ2) is 9.69. The van der Waals surface area contributed by atoms with Crippen LogP contribution in [0.5, 0.6) is 5.75 Å². The molecule has 0 radical (unpaired) electrons. The molecule has 2 amide bonds. The van der Waals surface area contributed by atoms with Crippen LogP contribution in [0.1, 0.15) is 5.56 Å². The Bertz CT molecular complexity index is 947. The van der Waals surface area contributed by atoms with Crippen LogP contribution in [0.25, 0.3) is 6.08 Å². The number of carbonyl (C=O) groups excluding carboxylic acids is 2. The lowest BCUT2D eigenvalue weighted by atomic mass is 10.2. The molecule has 0 atom stereocenters. The van der Waals surface area contributed by atoms with Crippen LogP contribution in [0.15, 0.2) is 59.5 Å². The molecule has 29 heavy (non-hydrogen) atoms. The fraction of sp³-hybridized carbons (Fsp3) is 0.190. The van der Waals surface area contributed by atoms with Gasteiger partial charge in [0.1, 0.15) is 16.6 Å². The largest absolute Gasteiger partial charge is 0.497 e. The van der Waals surface area contributed by atoms with Gasteiger partial charge >= 0.3 is 0 Å². The van der Waals surface area contributed by atoms with E-state index in [2.05, 4.69) is 0 Å². The summed E-state index contributed by atoms with van der Waals surface area (Å²) in [4.78, 5) is 28.9. The highest BCUT2D eigenvalue weighted by Crippen LogP contribution is 2.33. The Kier molecular flexibility index (Phi) is 7.03. The van der Waals surface area contributed by atoms with Gasteiger partial charge in [0.2, 0.25) is 5.91 Å². The molecular formula is C21H20N2O4S2. The van der Waals surface area contributed by atoms with Gasteiger partial charge in [-0.05, 0) is 35.9 Å². The summed E-state index contributed by atoms with van der Waals surface area (Å²) in [5, 5.41) is 9.34. The summed E-state index contributed by atoms with van der Waals surface area (Å²) in [6.45, 7) is -0.235. The first-order chi connectivity index (χ1) is 14.0. The van der Waals surface area contributed by atoms with Crippen molar-refractivity contribution in [3.05, 3.63) is 65.1 Å².